The first-order valence-corrected chi connectivity index (χ1v) is 6.82. The van der Waals surface area contributed by atoms with E-state index in [4.69, 9.17) is 5.84 Å². The quantitative estimate of drug-likeness (QED) is 0.657. The molecule has 0 aliphatic rings. The summed E-state index contributed by atoms with van der Waals surface area (Å²) in [5.41, 5.74) is 4.98. The maximum Gasteiger partial charge on any atom is 0.144 e. The van der Waals surface area contributed by atoms with Crippen LogP contribution in [0, 0.1) is 0 Å². The third-order valence-corrected chi connectivity index (χ3v) is 3.30. The lowest BCUT2D eigenvalue weighted by Gasteiger charge is -2.18. The third kappa shape index (κ3) is 4.02. The van der Waals surface area contributed by atoms with Crippen LogP contribution in [0.5, 0.6) is 0 Å². The highest BCUT2D eigenvalue weighted by Gasteiger charge is 2.06. The summed E-state index contributed by atoms with van der Waals surface area (Å²) in [6.45, 7) is 1.66. The first kappa shape index (κ1) is 14.0. The number of nitrogen functional groups attached to an aromatic ring is 1. The van der Waals surface area contributed by atoms with Gasteiger partial charge < -0.3 is 5.43 Å². The van der Waals surface area contributed by atoms with Crippen molar-refractivity contribution in [3.63, 3.8) is 0 Å². The highest BCUT2D eigenvalue weighted by atomic mass is 79.9. The minimum absolute atomic E-state index is 0.726. The largest absolute Gasteiger partial charge is 0.308 e. The Morgan fingerprint density at radius 1 is 1.26 bits per heavy atom. The first-order chi connectivity index (χ1) is 9.19. The molecule has 5 heteroatoms. The average molecular weight is 321 g/mol. The number of rotatable bonds is 5. The minimum atomic E-state index is 0.726. The lowest BCUT2D eigenvalue weighted by molar-refractivity contribution is 0.319. The number of halogens is 1. The Morgan fingerprint density at radius 2 is 2.11 bits per heavy atom. The fourth-order valence-corrected chi connectivity index (χ4v) is 2.44. The summed E-state index contributed by atoms with van der Waals surface area (Å²) in [6, 6.07) is 12.3. The van der Waals surface area contributed by atoms with Gasteiger partial charge in [-0.25, -0.2) is 10.8 Å². The maximum absolute atomic E-state index is 5.46. The molecule has 19 heavy (non-hydrogen) atoms. The number of hydrazine groups is 1. The van der Waals surface area contributed by atoms with Crippen LogP contribution in [-0.4, -0.2) is 16.9 Å². The molecule has 0 saturated heterocycles. The monoisotopic (exact) mass is 320 g/mol. The Labute approximate surface area is 121 Å². The van der Waals surface area contributed by atoms with Crippen molar-refractivity contribution in [1.29, 1.82) is 0 Å². The van der Waals surface area contributed by atoms with Gasteiger partial charge in [-0.1, -0.05) is 34.1 Å². The summed E-state index contributed by atoms with van der Waals surface area (Å²) in [6.07, 6.45) is 1.73. The number of hydrogen-bond donors (Lipinski definition) is 2. The molecule has 1 aromatic heterocycles. The molecule has 0 spiro atoms. The van der Waals surface area contributed by atoms with Crippen LogP contribution in [0.15, 0.2) is 47.1 Å². The minimum Gasteiger partial charge on any atom is -0.308 e. The molecule has 0 radical (unpaired) electrons. The number of nitrogens with one attached hydrogen (secondary N) is 1. The van der Waals surface area contributed by atoms with Crippen molar-refractivity contribution >= 4 is 21.7 Å². The van der Waals surface area contributed by atoms with Crippen molar-refractivity contribution in [2.24, 2.45) is 5.84 Å². The van der Waals surface area contributed by atoms with Gasteiger partial charge in [0, 0.05) is 29.3 Å². The molecule has 2 aromatic rings. The molecule has 0 fully saturated rings. The van der Waals surface area contributed by atoms with E-state index in [1.54, 1.807) is 6.20 Å². The first-order valence-electron chi connectivity index (χ1n) is 6.02. The number of benzene rings is 1. The number of aromatic nitrogens is 1. The van der Waals surface area contributed by atoms with Crippen molar-refractivity contribution in [3.05, 3.63) is 58.2 Å². The van der Waals surface area contributed by atoms with Gasteiger partial charge in [-0.2, -0.15) is 0 Å². The van der Waals surface area contributed by atoms with Crippen LogP contribution in [0.4, 0.5) is 5.82 Å². The molecule has 0 unspecified atom stereocenters. The highest BCUT2D eigenvalue weighted by Crippen LogP contribution is 2.16. The fourth-order valence-electron chi connectivity index (χ4n) is 1.99. The van der Waals surface area contributed by atoms with Crippen molar-refractivity contribution in [2.75, 3.05) is 12.5 Å². The van der Waals surface area contributed by atoms with E-state index in [-0.39, 0.29) is 0 Å². The Kier molecular flexibility index (Phi) is 4.90. The predicted molar refractivity (Wildman–Crippen MR) is 81.4 cm³/mol. The van der Waals surface area contributed by atoms with E-state index in [9.17, 15) is 0 Å². The van der Waals surface area contributed by atoms with Crippen LogP contribution in [0.25, 0.3) is 0 Å². The second-order valence-electron chi connectivity index (χ2n) is 4.46. The molecule has 0 amide bonds. The van der Waals surface area contributed by atoms with Gasteiger partial charge in [-0.15, -0.1) is 0 Å². The molecule has 0 aliphatic carbocycles. The van der Waals surface area contributed by atoms with E-state index in [2.05, 4.69) is 50.4 Å². The molecule has 3 N–H and O–H groups in total. The molecule has 2 rings (SSSR count). The zero-order chi connectivity index (χ0) is 13.7. The van der Waals surface area contributed by atoms with Crippen LogP contribution in [0.1, 0.15) is 11.1 Å². The second-order valence-corrected chi connectivity index (χ2v) is 5.37. The van der Waals surface area contributed by atoms with Crippen LogP contribution in [-0.2, 0) is 13.1 Å². The summed E-state index contributed by atoms with van der Waals surface area (Å²) < 4.78 is 1.10. The Bertz CT molecular complexity index is 544. The summed E-state index contributed by atoms with van der Waals surface area (Å²) in [7, 11) is 2.08. The van der Waals surface area contributed by atoms with Gasteiger partial charge in [0.15, 0.2) is 0 Å². The van der Waals surface area contributed by atoms with Crippen molar-refractivity contribution in [1.82, 2.24) is 9.88 Å². The van der Waals surface area contributed by atoms with Gasteiger partial charge >= 0.3 is 0 Å². The van der Waals surface area contributed by atoms with E-state index >= 15 is 0 Å². The molecular weight excluding hydrogens is 304 g/mol. The smallest absolute Gasteiger partial charge is 0.144 e. The molecule has 1 aromatic carbocycles. The lowest BCUT2D eigenvalue weighted by atomic mass is 10.2. The zero-order valence-corrected chi connectivity index (χ0v) is 12.4. The van der Waals surface area contributed by atoms with E-state index in [1.165, 1.54) is 5.56 Å². The van der Waals surface area contributed by atoms with E-state index in [0.29, 0.717) is 0 Å². The van der Waals surface area contributed by atoms with Crippen LogP contribution in [0.2, 0.25) is 0 Å². The number of pyridine rings is 1. The number of nitrogens with two attached hydrogens (primary N) is 1. The van der Waals surface area contributed by atoms with Gasteiger partial charge in [0.2, 0.25) is 0 Å². The second kappa shape index (κ2) is 6.65. The topological polar surface area (TPSA) is 54.2 Å². The van der Waals surface area contributed by atoms with Gasteiger partial charge in [0.25, 0.3) is 0 Å². The van der Waals surface area contributed by atoms with Gasteiger partial charge in [-0.05, 0) is 30.8 Å². The van der Waals surface area contributed by atoms with Gasteiger partial charge in [0.1, 0.15) is 5.82 Å². The lowest BCUT2D eigenvalue weighted by Crippen LogP contribution is -2.19. The van der Waals surface area contributed by atoms with E-state index in [0.717, 1.165) is 28.9 Å². The number of hydrogen-bond acceptors (Lipinski definition) is 4. The molecule has 1 heterocycles. The van der Waals surface area contributed by atoms with Crippen LogP contribution >= 0.6 is 15.9 Å². The normalized spacial score (nSPS) is 10.7. The number of anilines is 1. The van der Waals surface area contributed by atoms with Crippen LogP contribution in [0.3, 0.4) is 0 Å². The number of nitrogens with zero attached hydrogens (tertiary/aromatic N) is 2. The fraction of sp³-hybridized carbons (Fsp3) is 0.214. The van der Waals surface area contributed by atoms with E-state index < -0.39 is 0 Å². The van der Waals surface area contributed by atoms with Crippen molar-refractivity contribution in [3.8, 4) is 0 Å². The molecule has 100 valence electrons. The van der Waals surface area contributed by atoms with E-state index in [1.807, 2.05) is 24.3 Å². The Hall–Kier alpha value is -1.43. The highest BCUT2D eigenvalue weighted by molar-refractivity contribution is 9.10. The van der Waals surface area contributed by atoms with Crippen molar-refractivity contribution < 1.29 is 0 Å². The summed E-state index contributed by atoms with van der Waals surface area (Å²) in [5, 5.41) is 0. The SMILES string of the molecule is CN(Cc1cccc(Br)c1)Cc1cccnc1NN. The zero-order valence-electron chi connectivity index (χ0n) is 10.8. The van der Waals surface area contributed by atoms with Crippen LogP contribution < -0.4 is 11.3 Å². The average Bonchev–Trinajstić information content (AvgIpc) is 2.39. The summed E-state index contributed by atoms with van der Waals surface area (Å²) in [5.74, 6) is 6.19. The molecular formula is C14H17BrN4. The molecule has 0 aliphatic heterocycles. The molecule has 0 atom stereocenters. The summed E-state index contributed by atoms with van der Waals surface area (Å²) in [4.78, 5) is 6.42. The van der Waals surface area contributed by atoms with Gasteiger partial charge in [0.05, 0.1) is 0 Å². The molecule has 4 nitrogen and oxygen atoms in total. The third-order valence-electron chi connectivity index (χ3n) is 2.81. The predicted octanol–water partition coefficient (Wildman–Crippen LogP) is 2.76. The standard InChI is InChI=1S/C14H17BrN4/c1-19(9-11-4-2-6-13(15)8-11)10-12-5-3-7-17-14(12)18-16/h2-8H,9-10,16H2,1H3,(H,17,18). The summed E-state index contributed by atoms with van der Waals surface area (Å²) >= 11 is 3.49. The molecule has 0 bridgehead atoms. The maximum atomic E-state index is 5.46. The molecule has 0 saturated carbocycles. The Balaban J connectivity index is 2.03. The van der Waals surface area contributed by atoms with Crippen molar-refractivity contribution in [2.45, 2.75) is 13.1 Å². The van der Waals surface area contributed by atoms with Gasteiger partial charge in [-0.3, -0.25) is 4.90 Å². The Morgan fingerprint density at radius 3 is 2.84 bits per heavy atom.